The number of hydrogen-bond acceptors (Lipinski definition) is 4. The molecule has 1 spiro atoms. The van der Waals surface area contributed by atoms with Crippen LogP contribution in [0.4, 0.5) is 0 Å². The Morgan fingerprint density at radius 3 is 2.62 bits per heavy atom. The molecule has 5 atom stereocenters. The normalized spacial score (nSPS) is 46.9. The van der Waals surface area contributed by atoms with Gasteiger partial charge in [-0.2, -0.15) is 0 Å². The van der Waals surface area contributed by atoms with Crippen molar-refractivity contribution in [3.63, 3.8) is 0 Å². The molecule has 2 heterocycles. The van der Waals surface area contributed by atoms with Crippen LogP contribution in [0.15, 0.2) is 11.6 Å². The topological polar surface area (TPSA) is 47.9 Å². The van der Waals surface area contributed by atoms with Gasteiger partial charge in [0.25, 0.3) is 0 Å². The van der Waals surface area contributed by atoms with E-state index in [0.29, 0.717) is 16.7 Å². The van der Waals surface area contributed by atoms with Crippen molar-refractivity contribution in [2.24, 2.45) is 22.7 Å². The summed E-state index contributed by atoms with van der Waals surface area (Å²) in [6.07, 6.45) is 9.21. The zero-order chi connectivity index (χ0) is 17.4. The number of fused-ring (bicyclic) bond motifs is 2. The van der Waals surface area contributed by atoms with Gasteiger partial charge in [-0.05, 0) is 74.3 Å². The van der Waals surface area contributed by atoms with Crippen LogP contribution < -0.4 is 0 Å². The van der Waals surface area contributed by atoms with Crippen LogP contribution >= 0.6 is 0 Å². The summed E-state index contributed by atoms with van der Waals surface area (Å²) in [5, 5.41) is 9.34. The van der Waals surface area contributed by atoms with Crippen LogP contribution in [-0.2, 0) is 14.7 Å². The Bertz CT molecular complexity index is 566. The molecule has 2 aliphatic heterocycles. The summed E-state index contributed by atoms with van der Waals surface area (Å²) in [6, 6.07) is 0. The smallest absolute Gasteiger partial charge is 0.125 e. The molecule has 136 valence electrons. The predicted molar refractivity (Wildman–Crippen MR) is 91.1 cm³/mol. The first kappa shape index (κ1) is 17.0. The Morgan fingerprint density at radius 1 is 1.17 bits per heavy atom. The lowest BCUT2D eigenvalue weighted by Gasteiger charge is -2.65. The molecule has 2 saturated carbocycles. The van der Waals surface area contributed by atoms with Crippen molar-refractivity contribution < 1.29 is 19.9 Å². The third kappa shape index (κ3) is 2.13. The third-order valence-electron chi connectivity index (χ3n) is 7.92. The highest BCUT2D eigenvalue weighted by Gasteiger charge is 2.65. The first-order valence-electron chi connectivity index (χ1n) is 9.55. The summed E-state index contributed by atoms with van der Waals surface area (Å²) in [4.78, 5) is 16.5. The van der Waals surface area contributed by atoms with Crippen LogP contribution in [-0.4, -0.2) is 22.6 Å². The van der Waals surface area contributed by atoms with Gasteiger partial charge in [-0.1, -0.05) is 27.2 Å². The van der Waals surface area contributed by atoms with E-state index in [1.807, 2.05) is 13.8 Å². The predicted octanol–water partition coefficient (Wildman–Crippen LogP) is 4.90. The van der Waals surface area contributed by atoms with Crippen LogP contribution in [0.5, 0.6) is 0 Å². The lowest BCUT2D eigenvalue weighted by atomic mass is 9.43. The fourth-order valence-electron chi connectivity index (χ4n) is 6.72. The first-order valence-corrected chi connectivity index (χ1v) is 9.55. The summed E-state index contributed by atoms with van der Waals surface area (Å²) in [5.41, 5.74) is 0.666. The van der Waals surface area contributed by atoms with Crippen molar-refractivity contribution in [1.82, 2.24) is 0 Å². The monoisotopic (exact) mass is 336 g/mol. The molecule has 0 aromatic heterocycles. The molecule has 0 aromatic carbocycles. The average molecular weight is 336 g/mol. The van der Waals surface area contributed by atoms with Crippen LogP contribution in [0, 0.1) is 22.7 Å². The van der Waals surface area contributed by atoms with Crippen molar-refractivity contribution in [2.45, 2.75) is 90.4 Å². The first-order chi connectivity index (χ1) is 11.1. The standard InChI is InChI=1S/C20H32O4/c1-17(2)8-6-9-19(5)15(17)7-10-20-12-13(18(3,4)23-21)14(22-24-20)11-16(19)20/h12,14-16,21H,6-11H2,1-5H3/t14-,15?,16-,19+,20+/m1/s1. The molecule has 4 heteroatoms. The molecule has 1 unspecified atom stereocenters. The van der Waals surface area contributed by atoms with Gasteiger partial charge in [0.05, 0.1) is 0 Å². The maximum Gasteiger partial charge on any atom is 0.125 e. The van der Waals surface area contributed by atoms with Gasteiger partial charge in [-0.3, -0.25) is 5.26 Å². The van der Waals surface area contributed by atoms with Gasteiger partial charge in [-0.15, -0.1) is 0 Å². The van der Waals surface area contributed by atoms with E-state index in [1.165, 1.54) is 25.7 Å². The van der Waals surface area contributed by atoms with E-state index >= 15 is 0 Å². The minimum Gasteiger partial charge on any atom is -0.251 e. The van der Waals surface area contributed by atoms with E-state index in [-0.39, 0.29) is 11.7 Å². The van der Waals surface area contributed by atoms with Crippen LogP contribution in [0.1, 0.15) is 73.1 Å². The highest BCUT2D eigenvalue weighted by Crippen LogP contribution is 2.67. The van der Waals surface area contributed by atoms with Crippen LogP contribution in [0.25, 0.3) is 0 Å². The van der Waals surface area contributed by atoms with Crippen molar-refractivity contribution in [1.29, 1.82) is 0 Å². The second-order valence-corrected chi connectivity index (χ2v) is 10.1. The second-order valence-electron chi connectivity index (χ2n) is 10.1. The molecule has 0 amide bonds. The van der Waals surface area contributed by atoms with Gasteiger partial charge >= 0.3 is 0 Å². The molecule has 5 aliphatic rings. The Hall–Kier alpha value is -0.420. The molecule has 3 aliphatic carbocycles. The molecular weight excluding hydrogens is 304 g/mol. The molecule has 0 radical (unpaired) electrons. The lowest BCUT2D eigenvalue weighted by molar-refractivity contribution is -0.438. The summed E-state index contributed by atoms with van der Waals surface area (Å²) in [5.74, 6) is 1.23. The van der Waals surface area contributed by atoms with Gasteiger partial charge < -0.3 is 0 Å². The molecule has 1 saturated heterocycles. The minimum atomic E-state index is -0.726. The quantitative estimate of drug-likeness (QED) is 0.443. The molecule has 1 N–H and O–H groups in total. The highest BCUT2D eigenvalue weighted by molar-refractivity contribution is 5.32. The Labute approximate surface area is 145 Å². The third-order valence-corrected chi connectivity index (χ3v) is 7.92. The van der Waals surface area contributed by atoms with Crippen LogP contribution in [0.3, 0.4) is 0 Å². The number of rotatable bonds is 2. The molecule has 4 nitrogen and oxygen atoms in total. The highest BCUT2D eigenvalue weighted by atomic mass is 17.2. The lowest BCUT2D eigenvalue weighted by Crippen LogP contribution is -2.64. The zero-order valence-electron chi connectivity index (χ0n) is 15.7. The maximum absolute atomic E-state index is 9.34. The largest absolute Gasteiger partial charge is 0.251 e. The summed E-state index contributed by atoms with van der Waals surface area (Å²) < 4.78 is 0. The summed E-state index contributed by atoms with van der Waals surface area (Å²) in [7, 11) is 0. The van der Waals surface area contributed by atoms with E-state index in [4.69, 9.17) is 14.7 Å². The average Bonchev–Trinajstić information content (AvgIpc) is 2.53. The Morgan fingerprint density at radius 2 is 1.92 bits per heavy atom. The van der Waals surface area contributed by atoms with Gasteiger partial charge in [0.1, 0.15) is 17.3 Å². The molecule has 24 heavy (non-hydrogen) atoms. The SMILES string of the molecule is CC(C)(OO)C1=C[C@@]23CCC4C(C)(C)CCC[C@]4(C)[C@H]2C[C@H]1OO3. The minimum absolute atomic E-state index is 0.111. The molecule has 3 fully saturated rings. The summed E-state index contributed by atoms with van der Waals surface area (Å²) >= 11 is 0. The van der Waals surface area contributed by atoms with E-state index < -0.39 is 5.60 Å². The van der Waals surface area contributed by atoms with E-state index in [9.17, 15) is 5.26 Å². The van der Waals surface area contributed by atoms with Gasteiger partial charge in [0.15, 0.2) is 0 Å². The number of hydrogen-bond donors (Lipinski definition) is 1. The van der Waals surface area contributed by atoms with Crippen molar-refractivity contribution in [3.8, 4) is 0 Å². The fraction of sp³-hybridized carbons (Fsp3) is 0.900. The zero-order valence-corrected chi connectivity index (χ0v) is 15.7. The van der Waals surface area contributed by atoms with Gasteiger partial charge in [0.2, 0.25) is 0 Å². The second kappa shape index (κ2) is 5.06. The Balaban J connectivity index is 1.75. The van der Waals surface area contributed by atoms with E-state index in [0.717, 1.165) is 24.3 Å². The van der Waals surface area contributed by atoms with E-state index in [1.54, 1.807) is 0 Å². The fourth-order valence-corrected chi connectivity index (χ4v) is 6.72. The molecule has 5 rings (SSSR count). The summed E-state index contributed by atoms with van der Waals surface area (Å²) in [6.45, 7) is 11.2. The molecular formula is C20H32O4. The van der Waals surface area contributed by atoms with E-state index in [2.05, 4.69) is 26.8 Å². The van der Waals surface area contributed by atoms with Crippen molar-refractivity contribution in [3.05, 3.63) is 11.6 Å². The van der Waals surface area contributed by atoms with Crippen molar-refractivity contribution in [2.75, 3.05) is 0 Å². The van der Waals surface area contributed by atoms with Gasteiger partial charge in [0, 0.05) is 5.92 Å². The van der Waals surface area contributed by atoms with Crippen LogP contribution in [0.2, 0.25) is 0 Å². The molecule has 0 aromatic rings. The van der Waals surface area contributed by atoms with Crippen molar-refractivity contribution >= 4 is 0 Å². The van der Waals surface area contributed by atoms with Gasteiger partial charge in [-0.25, -0.2) is 14.7 Å². The maximum atomic E-state index is 9.34. The Kier molecular flexibility index (Phi) is 3.59. The molecule has 2 bridgehead atoms.